The fourth-order valence-electron chi connectivity index (χ4n) is 2.42. The van der Waals surface area contributed by atoms with Gasteiger partial charge in [-0.1, -0.05) is 29.8 Å². The Labute approximate surface area is 148 Å². The quantitative estimate of drug-likeness (QED) is 0.855. The molecule has 2 aromatic carbocycles. The van der Waals surface area contributed by atoms with Crippen LogP contribution in [0.1, 0.15) is 21.5 Å². The Hall–Kier alpha value is -2.80. The predicted octanol–water partition coefficient (Wildman–Crippen LogP) is 3.33. The van der Waals surface area contributed by atoms with Gasteiger partial charge in [-0.05, 0) is 48.5 Å². The van der Waals surface area contributed by atoms with E-state index < -0.39 is 11.3 Å². The van der Waals surface area contributed by atoms with Crippen LogP contribution < -0.4 is 5.32 Å². The monoisotopic (exact) mass is 356 g/mol. The smallest absolute Gasteiger partial charge is 0.335 e. The number of carbonyl (C=O) groups is 3. The van der Waals surface area contributed by atoms with E-state index in [2.05, 4.69) is 5.32 Å². The molecule has 1 aliphatic rings. The molecule has 2 N–H and O–H groups in total. The Morgan fingerprint density at radius 3 is 2.36 bits per heavy atom. The first kappa shape index (κ1) is 17.0. The first-order valence-electron chi connectivity index (χ1n) is 7.61. The van der Waals surface area contributed by atoms with Crippen molar-refractivity contribution in [2.24, 2.45) is 0 Å². The van der Waals surface area contributed by atoms with Crippen molar-refractivity contribution in [3.63, 3.8) is 0 Å². The van der Waals surface area contributed by atoms with E-state index in [1.807, 2.05) is 31.2 Å². The number of anilines is 1. The summed E-state index contributed by atoms with van der Waals surface area (Å²) in [6.45, 7) is 2.09. The van der Waals surface area contributed by atoms with E-state index in [4.69, 9.17) is 5.11 Å². The van der Waals surface area contributed by atoms with Crippen LogP contribution >= 0.6 is 11.8 Å². The van der Waals surface area contributed by atoms with Crippen LogP contribution in [0, 0.1) is 6.92 Å². The summed E-state index contributed by atoms with van der Waals surface area (Å²) in [7, 11) is 0. The van der Waals surface area contributed by atoms with Crippen LogP contribution in [0.3, 0.4) is 0 Å². The van der Waals surface area contributed by atoms with Gasteiger partial charge < -0.3 is 10.4 Å². The van der Waals surface area contributed by atoms with Crippen molar-refractivity contribution < 1.29 is 19.5 Å². The molecule has 128 valence electrons. The molecule has 0 spiro atoms. The lowest BCUT2D eigenvalue weighted by molar-refractivity contribution is -0.126. The van der Waals surface area contributed by atoms with E-state index >= 15 is 0 Å². The van der Waals surface area contributed by atoms with Gasteiger partial charge in [-0.3, -0.25) is 14.5 Å². The van der Waals surface area contributed by atoms with Gasteiger partial charge in [-0.15, -0.1) is 0 Å². The molecule has 1 aliphatic heterocycles. The molecule has 25 heavy (non-hydrogen) atoms. The van der Waals surface area contributed by atoms with Crippen molar-refractivity contribution >= 4 is 34.6 Å². The highest BCUT2D eigenvalue weighted by Gasteiger charge is 2.39. The molecule has 1 fully saturated rings. The van der Waals surface area contributed by atoms with E-state index in [9.17, 15) is 14.4 Å². The Morgan fingerprint density at radius 2 is 1.76 bits per heavy atom. The van der Waals surface area contributed by atoms with Crippen LogP contribution in [0.2, 0.25) is 0 Å². The number of thioether (sulfide) groups is 1. The molecule has 7 heteroatoms. The second-order valence-electron chi connectivity index (χ2n) is 5.70. The number of nitrogens with zero attached hydrogens (tertiary/aromatic N) is 1. The SMILES string of the molecule is Cc1ccc(N[C@H]2SC(=O)N(Cc3ccc(C(=O)O)cc3)C2=O)cc1. The number of benzene rings is 2. The summed E-state index contributed by atoms with van der Waals surface area (Å²) in [5.41, 5.74) is 2.75. The molecule has 0 radical (unpaired) electrons. The molecule has 0 saturated carbocycles. The predicted molar refractivity (Wildman–Crippen MR) is 95.5 cm³/mol. The molecule has 0 bridgehead atoms. The van der Waals surface area contributed by atoms with E-state index in [0.29, 0.717) is 5.56 Å². The number of hydrogen-bond donors (Lipinski definition) is 2. The van der Waals surface area contributed by atoms with Gasteiger partial charge in [0.25, 0.3) is 11.1 Å². The third-order valence-electron chi connectivity index (χ3n) is 3.82. The minimum absolute atomic E-state index is 0.122. The lowest BCUT2D eigenvalue weighted by atomic mass is 10.1. The molecule has 2 aromatic rings. The normalized spacial score (nSPS) is 17.0. The standard InChI is InChI=1S/C18H16N2O4S/c1-11-2-8-14(9-3-11)19-15-16(21)20(18(24)25-15)10-12-4-6-13(7-5-12)17(22)23/h2-9,15,19H,10H2,1H3,(H,22,23)/t15-/m0/s1. The lowest BCUT2D eigenvalue weighted by Crippen LogP contribution is -2.33. The van der Waals surface area contributed by atoms with Gasteiger partial charge in [0.15, 0.2) is 5.37 Å². The number of carbonyl (C=O) groups excluding carboxylic acids is 2. The van der Waals surface area contributed by atoms with Gasteiger partial charge in [0.05, 0.1) is 12.1 Å². The van der Waals surface area contributed by atoms with Crippen LogP contribution in [0.25, 0.3) is 0 Å². The maximum atomic E-state index is 12.5. The maximum Gasteiger partial charge on any atom is 0.335 e. The van der Waals surface area contributed by atoms with E-state index in [-0.39, 0.29) is 23.3 Å². The van der Waals surface area contributed by atoms with Gasteiger partial charge in [-0.2, -0.15) is 0 Å². The summed E-state index contributed by atoms with van der Waals surface area (Å²) < 4.78 is 0. The Kier molecular flexibility index (Phi) is 4.76. The molecule has 2 amide bonds. The van der Waals surface area contributed by atoms with Crippen LogP contribution in [0.4, 0.5) is 10.5 Å². The highest BCUT2D eigenvalue weighted by atomic mass is 32.2. The van der Waals surface area contributed by atoms with Crippen molar-refractivity contribution in [1.82, 2.24) is 4.90 Å². The molecule has 0 aromatic heterocycles. The molecular formula is C18H16N2O4S. The molecule has 0 unspecified atom stereocenters. The third kappa shape index (κ3) is 3.83. The van der Waals surface area contributed by atoms with Gasteiger partial charge in [0.1, 0.15) is 0 Å². The number of rotatable bonds is 5. The zero-order valence-corrected chi connectivity index (χ0v) is 14.2. The molecule has 3 rings (SSSR count). The van der Waals surface area contributed by atoms with Crippen LogP contribution in [0.15, 0.2) is 48.5 Å². The fraction of sp³-hybridized carbons (Fsp3) is 0.167. The molecule has 1 saturated heterocycles. The maximum absolute atomic E-state index is 12.5. The number of hydrogen-bond acceptors (Lipinski definition) is 5. The number of aryl methyl sites for hydroxylation is 1. The van der Waals surface area contributed by atoms with Gasteiger partial charge in [-0.25, -0.2) is 4.79 Å². The Morgan fingerprint density at radius 1 is 1.12 bits per heavy atom. The number of amides is 2. The van der Waals surface area contributed by atoms with Crippen LogP contribution in [-0.4, -0.2) is 32.5 Å². The number of carboxylic acid groups (broad SMARTS) is 1. The average molecular weight is 356 g/mol. The average Bonchev–Trinajstić information content (AvgIpc) is 2.85. The van der Waals surface area contributed by atoms with Crippen molar-refractivity contribution in [1.29, 1.82) is 0 Å². The van der Waals surface area contributed by atoms with Crippen molar-refractivity contribution in [3.8, 4) is 0 Å². The highest BCUT2D eigenvalue weighted by Crippen LogP contribution is 2.29. The fourth-order valence-corrected chi connectivity index (χ4v) is 3.32. The topological polar surface area (TPSA) is 86.7 Å². The first-order chi connectivity index (χ1) is 11.9. The molecule has 1 heterocycles. The highest BCUT2D eigenvalue weighted by molar-refractivity contribution is 8.15. The van der Waals surface area contributed by atoms with Gasteiger partial charge >= 0.3 is 5.97 Å². The van der Waals surface area contributed by atoms with Gasteiger partial charge in [0, 0.05) is 5.69 Å². The lowest BCUT2D eigenvalue weighted by Gasteiger charge is -2.15. The number of aromatic carboxylic acids is 1. The van der Waals surface area contributed by atoms with Crippen LogP contribution in [0.5, 0.6) is 0 Å². The van der Waals surface area contributed by atoms with Crippen LogP contribution in [-0.2, 0) is 11.3 Å². The number of nitrogens with one attached hydrogen (secondary N) is 1. The van der Waals surface area contributed by atoms with Crippen molar-refractivity contribution in [2.45, 2.75) is 18.8 Å². The molecular weight excluding hydrogens is 340 g/mol. The minimum Gasteiger partial charge on any atom is -0.478 e. The minimum atomic E-state index is -1.02. The number of imide groups is 1. The van der Waals surface area contributed by atoms with E-state index in [1.165, 1.54) is 17.0 Å². The Bertz CT molecular complexity index is 818. The largest absolute Gasteiger partial charge is 0.478 e. The summed E-state index contributed by atoms with van der Waals surface area (Å²) in [6.07, 6.45) is 0. The third-order valence-corrected chi connectivity index (χ3v) is 4.80. The molecule has 6 nitrogen and oxygen atoms in total. The number of carboxylic acids is 1. The van der Waals surface area contributed by atoms with Crippen molar-refractivity contribution in [3.05, 3.63) is 65.2 Å². The van der Waals surface area contributed by atoms with Gasteiger partial charge in [0.2, 0.25) is 0 Å². The van der Waals surface area contributed by atoms with E-state index in [0.717, 1.165) is 23.0 Å². The molecule has 0 aliphatic carbocycles. The zero-order chi connectivity index (χ0) is 18.0. The molecule has 1 atom stereocenters. The second-order valence-corrected chi connectivity index (χ2v) is 6.76. The summed E-state index contributed by atoms with van der Waals surface area (Å²) in [6, 6.07) is 13.7. The summed E-state index contributed by atoms with van der Waals surface area (Å²) in [4.78, 5) is 36.7. The zero-order valence-electron chi connectivity index (χ0n) is 13.4. The van der Waals surface area contributed by atoms with E-state index in [1.54, 1.807) is 12.1 Å². The first-order valence-corrected chi connectivity index (χ1v) is 8.49. The summed E-state index contributed by atoms with van der Waals surface area (Å²) in [5, 5.41) is 11.0. The Balaban J connectivity index is 1.68. The second kappa shape index (κ2) is 6.98. The van der Waals surface area contributed by atoms with Crippen molar-refractivity contribution in [2.75, 3.05) is 5.32 Å². The summed E-state index contributed by atoms with van der Waals surface area (Å²) in [5.74, 6) is -1.32. The summed E-state index contributed by atoms with van der Waals surface area (Å²) >= 11 is 0.940.